The van der Waals surface area contributed by atoms with Crippen molar-refractivity contribution in [1.29, 1.82) is 0 Å². The molecule has 1 aromatic carbocycles. The summed E-state index contributed by atoms with van der Waals surface area (Å²) in [5, 5.41) is 15.5. The summed E-state index contributed by atoms with van der Waals surface area (Å²) in [5.41, 5.74) is 2.47. The molecule has 0 radical (unpaired) electrons. The monoisotopic (exact) mass is 354 g/mol. The molecule has 1 aliphatic rings. The lowest BCUT2D eigenvalue weighted by Gasteiger charge is -2.14. The minimum atomic E-state index is -0.0673. The van der Waals surface area contributed by atoms with Gasteiger partial charge in [0, 0.05) is 23.4 Å². The van der Waals surface area contributed by atoms with Crippen molar-refractivity contribution < 1.29 is 9.90 Å². The lowest BCUT2D eigenvalue weighted by molar-refractivity contribution is -0.119. The molecule has 3 N–H and O–H groups in total. The minimum Gasteiger partial charge on any atom is -0.394 e. The maximum Gasteiger partial charge on any atom is 0.227 e. The van der Waals surface area contributed by atoms with Crippen LogP contribution in [0.2, 0.25) is 0 Å². The Morgan fingerprint density at radius 2 is 2.12 bits per heavy atom. The van der Waals surface area contributed by atoms with E-state index in [1.54, 1.807) is 6.20 Å². The topological polar surface area (TPSA) is 87.1 Å². The number of hydrogen-bond donors (Lipinski definition) is 3. The summed E-state index contributed by atoms with van der Waals surface area (Å²) in [4.78, 5) is 21.1. The van der Waals surface area contributed by atoms with Gasteiger partial charge in [0.2, 0.25) is 11.9 Å². The van der Waals surface area contributed by atoms with Crippen molar-refractivity contribution in [3.8, 4) is 11.3 Å². The molecule has 1 aromatic heterocycles. The number of nitrogens with zero attached hydrogens (tertiary/aromatic N) is 2. The van der Waals surface area contributed by atoms with Crippen LogP contribution in [0.15, 0.2) is 36.5 Å². The third-order valence-corrected chi connectivity index (χ3v) is 4.85. The standard InChI is InChI=1S/C20H26N4O2/c1-2-16(13-25)23-20-21-11-10-18(24-20)15-8-5-9-17(12-15)22-19(26)14-6-3-4-7-14/h5,8-12,14,16,25H,2-4,6-7,13H2,1H3,(H,22,26)(H,21,23,24). The second-order valence-corrected chi connectivity index (χ2v) is 6.75. The molecule has 1 amide bonds. The maximum atomic E-state index is 12.3. The number of anilines is 2. The third kappa shape index (κ3) is 4.58. The van der Waals surface area contributed by atoms with E-state index in [1.165, 1.54) is 0 Å². The Balaban J connectivity index is 1.74. The van der Waals surface area contributed by atoms with Crippen molar-refractivity contribution in [3.05, 3.63) is 36.5 Å². The molecule has 1 heterocycles. The normalized spacial score (nSPS) is 15.6. The van der Waals surface area contributed by atoms with E-state index in [0.29, 0.717) is 5.95 Å². The third-order valence-electron chi connectivity index (χ3n) is 4.85. The minimum absolute atomic E-state index is 0.0345. The van der Waals surface area contributed by atoms with Crippen LogP contribution in [0.1, 0.15) is 39.0 Å². The van der Waals surface area contributed by atoms with Crippen molar-refractivity contribution in [2.24, 2.45) is 5.92 Å². The smallest absolute Gasteiger partial charge is 0.227 e. The first-order valence-electron chi connectivity index (χ1n) is 9.31. The molecule has 0 aliphatic heterocycles. The molecule has 1 saturated carbocycles. The first-order valence-corrected chi connectivity index (χ1v) is 9.31. The van der Waals surface area contributed by atoms with Gasteiger partial charge in [-0.25, -0.2) is 9.97 Å². The number of aliphatic hydroxyl groups is 1. The van der Waals surface area contributed by atoms with E-state index in [0.717, 1.165) is 49.0 Å². The zero-order valence-corrected chi connectivity index (χ0v) is 15.1. The van der Waals surface area contributed by atoms with Crippen molar-refractivity contribution >= 4 is 17.5 Å². The quantitative estimate of drug-likeness (QED) is 0.709. The number of carbonyl (C=O) groups is 1. The first-order chi connectivity index (χ1) is 12.7. The van der Waals surface area contributed by atoms with Gasteiger partial charge in [-0.05, 0) is 37.5 Å². The highest BCUT2D eigenvalue weighted by Crippen LogP contribution is 2.27. The highest BCUT2D eigenvalue weighted by molar-refractivity contribution is 5.93. The molecular weight excluding hydrogens is 328 g/mol. The molecule has 138 valence electrons. The van der Waals surface area contributed by atoms with E-state index in [-0.39, 0.29) is 24.5 Å². The Morgan fingerprint density at radius 1 is 1.31 bits per heavy atom. The lowest BCUT2D eigenvalue weighted by Crippen LogP contribution is -2.23. The summed E-state index contributed by atoms with van der Waals surface area (Å²) in [6, 6.07) is 9.47. The summed E-state index contributed by atoms with van der Waals surface area (Å²) >= 11 is 0. The second-order valence-electron chi connectivity index (χ2n) is 6.75. The Kier molecular flexibility index (Phi) is 6.17. The van der Waals surface area contributed by atoms with E-state index in [4.69, 9.17) is 0 Å². The zero-order valence-electron chi connectivity index (χ0n) is 15.1. The molecule has 3 rings (SSSR count). The molecule has 2 aromatic rings. The SMILES string of the molecule is CCC(CO)Nc1nccc(-c2cccc(NC(=O)C3CCCC3)c2)n1. The van der Waals surface area contributed by atoms with Gasteiger partial charge in [-0.1, -0.05) is 31.9 Å². The van der Waals surface area contributed by atoms with E-state index < -0.39 is 0 Å². The van der Waals surface area contributed by atoms with Crippen molar-refractivity contribution in [2.45, 2.75) is 45.1 Å². The maximum absolute atomic E-state index is 12.3. The highest BCUT2D eigenvalue weighted by atomic mass is 16.3. The summed E-state index contributed by atoms with van der Waals surface area (Å²) < 4.78 is 0. The lowest BCUT2D eigenvalue weighted by atomic mass is 10.1. The number of rotatable bonds is 7. The van der Waals surface area contributed by atoms with E-state index in [2.05, 4.69) is 20.6 Å². The first kappa shape index (κ1) is 18.3. The summed E-state index contributed by atoms with van der Waals surface area (Å²) in [6.07, 6.45) is 6.72. The van der Waals surface area contributed by atoms with Gasteiger partial charge in [-0.2, -0.15) is 0 Å². The zero-order chi connectivity index (χ0) is 18.4. The van der Waals surface area contributed by atoms with Crippen LogP contribution < -0.4 is 10.6 Å². The van der Waals surface area contributed by atoms with Crippen molar-refractivity contribution in [2.75, 3.05) is 17.2 Å². The average molecular weight is 354 g/mol. The van der Waals surface area contributed by atoms with Gasteiger partial charge in [-0.15, -0.1) is 0 Å². The molecule has 0 spiro atoms. The number of aromatic nitrogens is 2. The Bertz CT molecular complexity index is 740. The van der Waals surface area contributed by atoms with Crippen LogP contribution in [-0.2, 0) is 4.79 Å². The number of nitrogens with one attached hydrogen (secondary N) is 2. The van der Waals surface area contributed by atoms with Gasteiger partial charge in [0.1, 0.15) is 0 Å². The van der Waals surface area contributed by atoms with Gasteiger partial charge in [-0.3, -0.25) is 4.79 Å². The van der Waals surface area contributed by atoms with Crippen LogP contribution in [0.4, 0.5) is 11.6 Å². The summed E-state index contributed by atoms with van der Waals surface area (Å²) in [6.45, 7) is 2.03. The Labute approximate surface area is 154 Å². The van der Waals surface area contributed by atoms with E-state index in [9.17, 15) is 9.90 Å². The van der Waals surface area contributed by atoms with Crippen LogP contribution in [0, 0.1) is 5.92 Å². The Morgan fingerprint density at radius 3 is 2.85 bits per heavy atom. The van der Waals surface area contributed by atoms with Crippen LogP contribution in [-0.4, -0.2) is 33.6 Å². The largest absolute Gasteiger partial charge is 0.394 e. The molecule has 0 bridgehead atoms. The fourth-order valence-corrected chi connectivity index (χ4v) is 3.24. The predicted octanol–water partition coefficient (Wildman–Crippen LogP) is 3.46. The van der Waals surface area contributed by atoms with Gasteiger partial charge in [0.15, 0.2) is 0 Å². The number of hydrogen-bond acceptors (Lipinski definition) is 5. The molecular formula is C20H26N4O2. The number of aliphatic hydroxyl groups excluding tert-OH is 1. The van der Waals surface area contributed by atoms with E-state index in [1.807, 2.05) is 37.3 Å². The molecule has 6 nitrogen and oxygen atoms in total. The molecule has 1 aliphatic carbocycles. The van der Waals surface area contributed by atoms with E-state index >= 15 is 0 Å². The molecule has 0 saturated heterocycles. The number of carbonyl (C=O) groups excluding carboxylic acids is 1. The van der Waals surface area contributed by atoms with Gasteiger partial charge >= 0.3 is 0 Å². The average Bonchev–Trinajstić information content (AvgIpc) is 3.21. The van der Waals surface area contributed by atoms with Crippen LogP contribution in [0.3, 0.4) is 0 Å². The molecule has 26 heavy (non-hydrogen) atoms. The number of benzene rings is 1. The Hall–Kier alpha value is -2.47. The molecule has 1 atom stereocenters. The van der Waals surface area contributed by atoms with Crippen molar-refractivity contribution in [3.63, 3.8) is 0 Å². The van der Waals surface area contributed by atoms with Crippen LogP contribution in [0.25, 0.3) is 11.3 Å². The van der Waals surface area contributed by atoms with Crippen LogP contribution in [0.5, 0.6) is 0 Å². The molecule has 1 unspecified atom stereocenters. The molecule has 1 fully saturated rings. The van der Waals surface area contributed by atoms with Crippen LogP contribution >= 0.6 is 0 Å². The predicted molar refractivity (Wildman–Crippen MR) is 103 cm³/mol. The van der Waals surface area contributed by atoms with Gasteiger partial charge in [0.25, 0.3) is 0 Å². The second kappa shape index (κ2) is 8.76. The fraction of sp³-hybridized carbons (Fsp3) is 0.450. The van der Waals surface area contributed by atoms with Crippen molar-refractivity contribution in [1.82, 2.24) is 9.97 Å². The molecule has 6 heteroatoms. The van der Waals surface area contributed by atoms with Gasteiger partial charge in [0.05, 0.1) is 18.3 Å². The van der Waals surface area contributed by atoms with Gasteiger partial charge < -0.3 is 15.7 Å². The summed E-state index contributed by atoms with van der Waals surface area (Å²) in [7, 11) is 0. The number of amides is 1. The summed E-state index contributed by atoms with van der Waals surface area (Å²) in [5.74, 6) is 0.736. The highest BCUT2D eigenvalue weighted by Gasteiger charge is 2.22. The fourth-order valence-electron chi connectivity index (χ4n) is 3.24.